The van der Waals surface area contributed by atoms with E-state index in [1.165, 1.54) is 33.0 Å². The van der Waals surface area contributed by atoms with Gasteiger partial charge in [0.1, 0.15) is 23.9 Å². The van der Waals surface area contributed by atoms with Crippen molar-refractivity contribution >= 4 is 10.8 Å². The molecule has 35 heavy (non-hydrogen) atoms. The number of benzene rings is 4. The van der Waals surface area contributed by atoms with Crippen LogP contribution in [0.15, 0.2) is 78.9 Å². The van der Waals surface area contributed by atoms with Crippen molar-refractivity contribution in [2.24, 2.45) is 0 Å². The first kappa shape index (κ1) is 24.6. The second-order valence-corrected chi connectivity index (χ2v) is 8.60. The summed E-state index contributed by atoms with van der Waals surface area (Å²) in [4.78, 5) is 2.37. The molecule has 0 amide bonds. The molecule has 4 nitrogen and oxygen atoms in total. The summed E-state index contributed by atoms with van der Waals surface area (Å²) in [6.45, 7) is 8.11. The van der Waals surface area contributed by atoms with Gasteiger partial charge >= 0.3 is 0 Å². The van der Waals surface area contributed by atoms with Gasteiger partial charge in [-0.2, -0.15) is 0 Å². The molecule has 0 fully saturated rings. The molecule has 4 heteroatoms. The Hall–Kier alpha value is -3.50. The number of methoxy groups -OCH3 is 2. The van der Waals surface area contributed by atoms with Crippen LogP contribution in [-0.4, -0.2) is 45.4 Å². The molecule has 0 unspecified atom stereocenters. The third-order valence-electron chi connectivity index (χ3n) is 6.61. The van der Waals surface area contributed by atoms with Crippen molar-refractivity contribution in [2.75, 3.05) is 40.5 Å². The van der Waals surface area contributed by atoms with Crippen LogP contribution in [0.25, 0.3) is 21.9 Å². The van der Waals surface area contributed by atoms with Crippen molar-refractivity contribution in [3.63, 3.8) is 0 Å². The fourth-order valence-corrected chi connectivity index (χ4v) is 4.47. The Balaban J connectivity index is 1.62. The summed E-state index contributed by atoms with van der Waals surface area (Å²) in [5.74, 6) is 2.64. The largest absolute Gasteiger partial charge is 0.497 e. The number of hydrogen-bond acceptors (Lipinski definition) is 4. The molecule has 182 valence electrons. The van der Waals surface area contributed by atoms with Crippen molar-refractivity contribution in [3.05, 3.63) is 90.0 Å². The van der Waals surface area contributed by atoms with Gasteiger partial charge in [-0.05, 0) is 88.9 Å². The molecule has 0 saturated carbocycles. The van der Waals surface area contributed by atoms with Gasteiger partial charge in [-0.1, -0.05) is 56.3 Å². The maximum Gasteiger partial charge on any atom is 0.119 e. The summed E-state index contributed by atoms with van der Waals surface area (Å²) in [6.07, 6.45) is 0.824. The van der Waals surface area contributed by atoms with Crippen LogP contribution in [0.5, 0.6) is 17.2 Å². The van der Waals surface area contributed by atoms with Crippen molar-refractivity contribution in [3.8, 4) is 28.4 Å². The van der Waals surface area contributed by atoms with E-state index in [9.17, 15) is 0 Å². The van der Waals surface area contributed by atoms with Gasteiger partial charge in [0, 0.05) is 6.54 Å². The number of likely N-dealkylation sites (N-methyl/N-ethyl adjacent to an activating group) is 1. The SMILES string of the molecule is CCN(CC)CCOc1ccc(Cc2c(-c3ccc(OC)cc3)ccc3cc(OC)ccc23)cc1. The van der Waals surface area contributed by atoms with E-state index in [0.717, 1.165) is 43.3 Å². The molecule has 0 aliphatic carbocycles. The van der Waals surface area contributed by atoms with Crippen LogP contribution in [0.4, 0.5) is 0 Å². The van der Waals surface area contributed by atoms with Crippen LogP contribution in [0.3, 0.4) is 0 Å². The average molecular weight is 470 g/mol. The van der Waals surface area contributed by atoms with Crippen molar-refractivity contribution in [1.29, 1.82) is 0 Å². The lowest BCUT2D eigenvalue weighted by Crippen LogP contribution is -2.27. The molecular formula is C31H35NO3. The summed E-state index contributed by atoms with van der Waals surface area (Å²) >= 11 is 0. The minimum atomic E-state index is 0.702. The molecule has 0 aromatic heterocycles. The van der Waals surface area contributed by atoms with E-state index in [4.69, 9.17) is 14.2 Å². The van der Waals surface area contributed by atoms with E-state index in [-0.39, 0.29) is 0 Å². The third kappa shape index (κ3) is 5.95. The second kappa shape index (κ2) is 11.8. The Morgan fingerprint density at radius 3 is 2.00 bits per heavy atom. The molecule has 0 aliphatic rings. The van der Waals surface area contributed by atoms with Crippen LogP contribution in [0, 0.1) is 0 Å². The molecule has 0 aliphatic heterocycles. The van der Waals surface area contributed by atoms with Crippen LogP contribution < -0.4 is 14.2 Å². The molecule has 0 radical (unpaired) electrons. The highest BCUT2D eigenvalue weighted by molar-refractivity contribution is 5.93. The van der Waals surface area contributed by atoms with Gasteiger partial charge in [-0.25, -0.2) is 0 Å². The highest BCUT2D eigenvalue weighted by atomic mass is 16.5. The van der Waals surface area contributed by atoms with E-state index in [1.807, 2.05) is 18.2 Å². The fourth-order valence-electron chi connectivity index (χ4n) is 4.47. The van der Waals surface area contributed by atoms with E-state index < -0.39 is 0 Å². The summed E-state index contributed by atoms with van der Waals surface area (Å²) in [5, 5.41) is 2.41. The number of fused-ring (bicyclic) bond motifs is 1. The molecule has 0 N–H and O–H groups in total. The minimum Gasteiger partial charge on any atom is -0.497 e. The summed E-state index contributed by atoms with van der Waals surface area (Å²) in [7, 11) is 3.40. The molecule has 0 saturated heterocycles. The van der Waals surface area contributed by atoms with Gasteiger partial charge in [0.15, 0.2) is 0 Å². The first-order valence-electron chi connectivity index (χ1n) is 12.3. The van der Waals surface area contributed by atoms with E-state index >= 15 is 0 Å². The quantitative estimate of drug-likeness (QED) is 0.241. The lowest BCUT2D eigenvalue weighted by atomic mass is 9.90. The number of ether oxygens (including phenoxy) is 3. The predicted molar refractivity (Wildman–Crippen MR) is 145 cm³/mol. The topological polar surface area (TPSA) is 30.9 Å². The molecule has 0 bridgehead atoms. The first-order valence-corrected chi connectivity index (χ1v) is 12.3. The second-order valence-electron chi connectivity index (χ2n) is 8.60. The molecule has 0 atom stereocenters. The highest BCUT2D eigenvalue weighted by Crippen LogP contribution is 2.34. The number of nitrogens with zero attached hydrogens (tertiary/aromatic N) is 1. The lowest BCUT2D eigenvalue weighted by Gasteiger charge is -2.18. The van der Waals surface area contributed by atoms with Crippen LogP contribution in [-0.2, 0) is 6.42 Å². The monoisotopic (exact) mass is 469 g/mol. The summed E-state index contributed by atoms with van der Waals surface area (Å²) < 4.78 is 16.8. The predicted octanol–water partition coefficient (Wildman–Crippen LogP) is 6.84. The zero-order valence-corrected chi connectivity index (χ0v) is 21.2. The van der Waals surface area contributed by atoms with Gasteiger partial charge in [-0.3, -0.25) is 0 Å². The zero-order chi connectivity index (χ0) is 24.6. The van der Waals surface area contributed by atoms with Crippen molar-refractivity contribution in [2.45, 2.75) is 20.3 Å². The van der Waals surface area contributed by atoms with Crippen LogP contribution in [0.1, 0.15) is 25.0 Å². The lowest BCUT2D eigenvalue weighted by molar-refractivity contribution is 0.223. The third-order valence-corrected chi connectivity index (χ3v) is 6.61. The van der Waals surface area contributed by atoms with Gasteiger partial charge < -0.3 is 19.1 Å². The van der Waals surface area contributed by atoms with Crippen LogP contribution >= 0.6 is 0 Å². The number of hydrogen-bond donors (Lipinski definition) is 0. The van der Waals surface area contributed by atoms with E-state index in [1.54, 1.807) is 14.2 Å². The Kier molecular flexibility index (Phi) is 8.27. The number of rotatable bonds is 11. The Labute approximate surface area is 209 Å². The van der Waals surface area contributed by atoms with Gasteiger partial charge in [0.05, 0.1) is 14.2 Å². The van der Waals surface area contributed by atoms with Crippen LogP contribution in [0.2, 0.25) is 0 Å². The molecule has 4 rings (SSSR count). The molecule has 0 heterocycles. The fraction of sp³-hybridized carbons (Fsp3) is 0.290. The minimum absolute atomic E-state index is 0.702. The molecule has 4 aromatic rings. The smallest absolute Gasteiger partial charge is 0.119 e. The van der Waals surface area contributed by atoms with Gasteiger partial charge in [-0.15, -0.1) is 0 Å². The van der Waals surface area contributed by atoms with E-state index in [0.29, 0.717) is 6.61 Å². The maximum atomic E-state index is 5.99. The maximum absolute atomic E-state index is 5.99. The summed E-state index contributed by atoms with van der Waals surface area (Å²) in [5.41, 5.74) is 4.95. The van der Waals surface area contributed by atoms with Crippen molar-refractivity contribution in [1.82, 2.24) is 4.90 Å². The van der Waals surface area contributed by atoms with Gasteiger partial charge in [0.25, 0.3) is 0 Å². The highest BCUT2D eigenvalue weighted by Gasteiger charge is 2.12. The van der Waals surface area contributed by atoms with Crippen molar-refractivity contribution < 1.29 is 14.2 Å². The van der Waals surface area contributed by atoms with Gasteiger partial charge in [0.2, 0.25) is 0 Å². The molecular weight excluding hydrogens is 434 g/mol. The summed E-state index contributed by atoms with van der Waals surface area (Å²) in [6, 6.07) is 27.5. The standard InChI is InChI=1S/C31H35NO3/c1-5-32(6-2)19-20-35-27-12-7-23(8-13-27)21-31-29(24-9-14-26(33-3)15-10-24)17-11-25-22-28(34-4)16-18-30(25)31/h7-18,22H,5-6,19-21H2,1-4H3. The first-order chi connectivity index (χ1) is 17.1. The Morgan fingerprint density at radius 2 is 1.34 bits per heavy atom. The average Bonchev–Trinajstić information content (AvgIpc) is 2.92. The Morgan fingerprint density at radius 1 is 0.686 bits per heavy atom. The normalized spacial score (nSPS) is 11.1. The van der Waals surface area contributed by atoms with E-state index in [2.05, 4.69) is 79.4 Å². The molecule has 0 spiro atoms. The zero-order valence-electron chi connectivity index (χ0n) is 21.2. The Bertz CT molecular complexity index is 1230. The molecule has 4 aromatic carbocycles.